The Balaban J connectivity index is 2.31. The number of aryl methyl sites for hydroxylation is 1. The lowest BCUT2D eigenvalue weighted by Gasteiger charge is -2.16. The van der Waals surface area contributed by atoms with Crippen LogP contribution < -0.4 is 16.0 Å². The third-order valence-electron chi connectivity index (χ3n) is 3.52. The highest BCUT2D eigenvalue weighted by molar-refractivity contribution is 7.89. The molecule has 2 rings (SSSR count). The van der Waals surface area contributed by atoms with Crippen LogP contribution >= 0.6 is 0 Å². The van der Waals surface area contributed by atoms with Crippen molar-refractivity contribution in [2.75, 3.05) is 0 Å². The topological polar surface area (TPSA) is 112 Å². The van der Waals surface area contributed by atoms with E-state index >= 15 is 0 Å². The Hall–Kier alpha value is -1.41. The summed E-state index contributed by atoms with van der Waals surface area (Å²) in [4.78, 5) is 26.7. The minimum Gasteiger partial charge on any atom is -0.310 e. The van der Waals surface area contributed by atoms with E-state index in [2.05, 4.69) is 9.71 Å². The SMILES string of the molecule is Cc1[nH]c(=O)[nH]c(=O)c1S(=O)(=O)NC1CCCCCC1. The van der Waals surface area contributed by atoms with Gasteiger partial charge in [-0.25, -0.2) is 17.9 Å². The van der Waals surface area contributed by atoms with Gasteiger partial charge >= 0.3 is 5.69 Å². The summed E-state index contributed by atoms with van der Waals surface area (Å²) in [5.41, 5.74) is -1.53. The van der Waals surface area contributed by atoms with Crippen molar-refractivity contribution in [1.29, 1.82) is 0 Å². The van der Waals surface area contributed by atoms with E-state index in [0.29, 0.717) is 0 Å². The van der Waals surface area contributed by atoms with Crippen molar-refractivity contribution in [2.24, 2.45) is 0 Å². The van der Waals surface area contributed by atoms with E-state index in [1.165, 1.54) is 6.92 Å². The second-order valence-corrected chi connectivity index (χ2v) is 6.82. The quantitative estimate of drug-likeness (QED) is 0.700. The second-order valence-electron chi connectivity index (χ2n) is 5.17. The Morgan fingerprint density at radius 2 is 1.65 bits per heavy atom. The van der Waals surface area contributed by atoms with Crippen molar-refractivity contribution in [2.45, 2.75) is 56.4 Å². The van der Waals surface area contributed by atoms with Gasteiger partial charge in [0, 0.05) is 11.7 Å². The molecular formula is C12H19N3O4S. The molecule has 1 fully saturated rings. The average Bonchev–Trinajstić information content (AvgIpc) is 2.54. The van der Waals surface area contributed by atoms with Gasteiger partial charge in [-0.3, -0.25) is 9.78 Å². The number of sulfonamides is 1. The van der Waals surface area contributed by atoms with Crippen molar-refractivity contribution < 1.29 is 8.42 Å². The van der Waals surface area contributed by atoms with Gasteiger partial charge in [0.1, 0.15) is 0 Å². The fourth-order valence-electron chi connectivity index (χ4n) is 2.59. The van der Waals surface area contributed by atoms with Gasteiger partial charge in [-0.15, -0.1) is 0 Å². The summed E-state index contributed by atoms with van der Waals surface area (Å²) in [6, 6.07) is -0.145. The zero-order chi connectivity index (χ0) is 14.8. The Morgan fingerprint density at radius 1 is 1.05 bits per heavy atom. The minimum absolute atomic E-state index is 0.0554. The van der Waals surface area contributed by atoms with Gasteiger partial charge in [-0.05, 0) is 19.8 Å². The molecule has 1 saturated carbocycles. The lowest BCUT2D eigenvalue weighted by Crippen LogP contribution is -2.39. The first-order chi connectivity index (χ1) is 9.40. The summed E-state index contributed by atoms with van der Waals surface area (Å²) in [6.07, 6.45) is 5.73. The number of H-pyrrole nitrogens is 2. The Kier molecular flexibility index (Phi) is 4.44. The largest absolute Gasteiger partial charge is 0.325 e. The first-order valence-electron chi connectivity index (χ1n) is 6.76. The Labute approximate surface area is 116 Å². The molecule has 112 valence electrons. The normalized spacial score (nSPS) is 17.9. The molecule has 0 bridgehead atoms. The predicted molar refractivity (Wildman–Crippen MR) is 74.2 cm³/mol. The van der Waals surface area contributed by atoms with E-state index in [1.807, 2.05) is 4.98 Å². The summed E-state index contributed by atoms with van der Waals surface area (Å²) < 4.78 is 27.2. The van der Waals surface area contributed by atoms with Crippen LogP contribution in [0.5, 0.6) is 0 Å². The van der Waals surface area contributed by atoms with Crippen molar-refractivity contribution in [3.05, 3.63) is 26.5 Å². The van der Waals surface area contributed by atoms with Crippen LogP contribution in [0.3, 0.4) is 0 Å². The van der Waals surface area contributed by atoms with Crippen LogP contribution in [0.15, 0.2) is 14.5 Å². The van der Waals surface area contributed by atoms with Gasteiger partial charge in [0.05, 0.1) is 0 Å². The zero-order valence-electron chi connectivity index (χ0n) is 11.4. The molecule has 0 spiro atoms. The zero-order valence-corrected chi connectivity index (χ0v) is 12.2. The van der Waals surface area contributed by atoms with Crippen molar-refractivity contribution >= 4 is 10.0 Å². The van der Waals surface area contributed by atoms with Crippen LogP contribution in [0.25, 0.3) is 0 Å². The molecule has 3 N–H and O–H groups in total. The summed E-state index contributed by atoms with van der Waals surface area (Å²) in [5.74, 6) is 0. The van der Waals surface area contributed by atoms with E-state index < -0.39 is 26.2 Å². The summed E-state index contributed by atoms with van der Waals surface area (Å²) in [5, 5.41) is 0. The van der Waals surface area contributed by atoms with Crippen LogP contribution in [0.1, 0.15) is 44.2 Å². The predicted octanol–water partition coefficient (Wildman–Crippen LogP) is 0.373. The molecule has 0 aromatic carbocycles. The second kappa shape index (κ2) is 5.92. The highest BCUT2D eigenvalue weighted by Crippen LogP contribution is 2.19. The van der Waals surface area contributed by atoms with E-state index in [1.54, 1.807) is 0 Å². The van der Waals surface area contributed by atoms with E-state index in [9.17, 15) is 18.0 Å². The molecule has 0 saturated heterocycles. The van der Waals surface area contributed by atoms with Gasteiger partial charge in [0.25, 0.3) is 5.56 Å². The van der Waals surface area contributed by atoms with Gasteiger partial charge in [0.15, 0.2) is 4.90 Å². The van der Waals surface area contributed by atoms with E-state index in [4.69, 9.17) is 0 Å². The van der Waals surface area contributed by atoms with Crippen LogP contribution in [-0.4, -0.2) is 24.4 Å². The van der Waals surface area contributed by atoms with Gasteiger partial charge in [-0.1, -0.05) is 25.7 Å². The number of aromatic amines is 2. The molecule has 0 radical (unpaired) electrons. The molecule has 8 heteroatoms. The fourth-order valence-corrected chi connectivity index (χ4v) is 4.13. The smallest absolute Gasteiger partial charge is 0.310 e. The minimum atomic E-state index is -3.92. The van der Waals surface area contributed by atoms with Crippen molar-refractivity contribution in [1.82, 2.24) is 14.7 Å². The van der Waals surface area contributed by atoms with Crippen molar-refractivity contribution in [3.8, 4) is 0 Å². The maximum atomic E-state index is 12.3. The Bertz CT molecular complexity index is 681. The van der Waals surface area contributed by atoms with E-state index in [0.717, 1.165) is 38.5 Å². The summed E-state index contributed by atoms with van der Waals surface area (Å²) in [6.45, 7) is 1.40. The molecule has 20 heavy (non-hydrogen) atoms. The third kappa shape index (κ3) is 3.37. The number of rotatable bonds is 3. The number of hydrogen-bond donors (Lipinski definition) is 3. The van der Waals surface area contributed by atoms with Crippen molar-refractivity contribution in [3.63, 3.8) is 0 Å². The van der Waals surface area contributed by atoms with Crippen LogP contribution in [0, 0.1) is 6.92 Å². The van der Waals surface area contributed by atoms with Crippen LogP contribution in [0.2, 0.25) is 0 Å². The maximum Gasteiger partial charge on any atom is 0.325 e. The van der Waals surface area contributed by atoms with Crippen LogP contribution in [-0.2, 0) is 10.0 Å². The molecule has 7 nitrogen and oxygen atoms in total. The molecular weight excluding hydrogens is 282 g/mol. The molecule has 1 aromatic heterocycles. The lowest BCUT2D eigenvalue weighted by molar-refractivity contribution is 0.508. The maximum absolute atomic E-state index is 12.3. The molecule has 0 unspecified atom stereocenters. The lowest BCUT2D eigenvalue weighted by atomic mass is 10.1. The summed E-state index contributed by atoms with van der Waals surface area (Å²) >= 11 is 0. The molecule has 0 amide bonds. The number of hydrogen-bond acceptors (Lipinski definition) is 4. The first-order valence-corrected chi connectivity index (χ1v) is 8.24. The molecule has 1 aliphatic rings. The van der Waals surface area contributed by atoms with E-state index in [-0.39, 0.29) is 11.7 Å². The van der Waals surface area contributed by atoms with Gasteiger partial charge < -0.3 is 4.98 Å². The number of aromatic nitrogens is 2. The molecule has 1 aromatic rings. The van der Waals surface area contributed by atoms with Gasteiger partial charge in [0.2, 0.25) is 10.0 Å². The molecule has 1 aliphatic carbocycles. The third-order valence-corrected chi connectivity index (χ3v) is 5.19. The van der Waals surface area contributed by atoms with Gasteiger partial charge in [-0.2, -0.15) is 0 Å². The first kappa shape index (κ1) is 15.0. The highest BCUT2D eigenvalue weighted by atomic mass is 32.2. The Morgan fingerprint density at radius 3 is 2.20 bits per heavy atom. The fraction of sp³-hybridized carbons (Fsp3) is 0.667. The molecule has 1 heterocycles. The number of nitrogens with one attached hydrogen (secondary N) is 3. The monoisotopic (exact) mass is 301 g/mol. The highest BCUT2D eigenvalue weighted by Gasteiger charge is 2.26. The standard InChI is InChI=1S/C12H19N3O4S/c1-8-10(11(16)14-12(17)13-8)20(18,19)15-9-6-4-2-3-5-7-9/h9,15H,2-7H2,1H3,(H2,13,14,16,17). The summed E-state index contributed by atoms with van der Waals surface area (Å²) in [7, 11) is -3.92. The average molecular weight is 301 g/mol. The molecule has 0 aliphatic heterocycles. The van der Waals surface area contributed by atoms with Crippen LogP contribution in [0.4, 0.5) is 0 Å². The molecule has 0 atom stereocenters.